The third-order valence-electron chi connectivity index (χ3n) is 4.74. The van der Waals surface area contributed by atoms with Crippen LogP contribution in [0.5, 0.6) is 0 Å². The number of carbonyl (C=O) groups excluding carboxylic acids is 1. The average Bonchev–Trinajstić information content (AvgIpc) is 2.81. The molecule has 2 N–H and O–H groups in total. The quantitative estimate of drug-likeness (QED) is 0.844. The molecule has 1 aliphatic carbocycles. The standard InChI is InChI=1S/C17H23NO2S/c19-10-12-6-2-1-3-8-15(12)18-17(20)14-11-21-16-9-5-4-7-13(14)16/h4-5,7,9,12,14-15,19H,1-3,6,8,10-11H2,(H,18,20). The highest BCUT2D eigenvalue weighted by Crippen LogP contribution is 2.39. The number of aliphatic hydroxyl groups excluding tert-OH is 1. The maximum absolute atomic E-state index is 12.6. The summed E-state index contributed by atoms with van der Waals surface area (Å²) >= 11 is 1.77. The summed E-state index contributed by atoms with van der Waals surface area (Å²) in [5.74, 6) is 1.16. The first kappa shape index (κ1) is 14.9. The first-order chi connectivity index (χ1) is 10.3. The lowest BCUT2D eigenvalue weighted by atomic mass is 9.94. The summed E-state index contributed by atoms with van der Waals surface area (Å²) in [5.41, 5.74) is 1.16. The predicted molar refractivity (Wildman–Crippen MR) is 85.5 cm³/mol. The molecule has 1 fully saturated rings. The molecular weight excluding hydrogens is 282 g/mol. The van der Waals surface area contributed by atoms with E-state index in [2.05, 4.69) is 17.4 Å². The molecule has 3 unspecified atom stereocenters. The van der Waals surface area contributed by atoms with Gasteiger partial charge in [-0.1, -0.05) is 37.5 Å². The van der Waals surface area contributed by atoms with Gasteiger partial charge in [-0.3, -0.25) is 4.79 Å². The van der Waals surface area contributed by atoms with Gasteiger partial charge in [0.05, 0.1) is 5.92 Å². The minimum atomic E-state index is -0.0335. The van der Waals surface area contributed by atoms with Crippen LogP contribution in [0.25, 0.3) is 0 Å². The number of benzene rings is 1. The van der Waals surface area contributed by atoms with Crippen LogP contribution in [0.15, 0.2) is 29.2 Å². The number of carbonyl (C=O) groups is 1. The zero-order valence-corrected chi connectivity index (χ0v) is 13.1. The number of fused-ring (bicyclic) bond motifs is 1. The van der Waals surface area contributed by atoms with Gasteiger partial charge in [-0.15, -0.1) is 11.8 Å². The number of thioether (sulfide) groups is 1. The van der Waals surface area contributed by atoms with Gasteiger partial charge in [-0.05, 0) is 24.5 Å². The van der Waals surface area contributed by atoms with Crippen molar-refractivity contribution in [3.05, 3.63) is 29.8 Å². The summed E-state index contributed by atoms with van der Waals surface area (Å²) in [6.45, 7) is 0.181. The maximum atomic E-state index is 12.6. The normalized spacial score (nSPS) is 28.7. The van der Waals surface area contributed by atoms with Crippen LogP contribution in [0.3, 0.4) is 0 Å². The van der Waals surface area contributed by atoms with Crippen LogP contribution in [0.4, 0.5) is 0 Å². The van der Waals surface area contributed by atoms with E-state index in [4.69, 9.17) is 0 Å². The van der Waals surface area contributed by atoms with E-state index >= 15 is 0 Å². The van der Waals surface area contributed by atoms with Crippen molar-refractivity contribution >= 4 is 17.7 Å². The number of nitrogens with one attached hydrogen (secondary N) is 1. The van der Waals surface area contributed by atoms with Crippen molar-refractivity contribution in [3.63, 3.8) is 0 Å². The number of aliphatic hydroxyl groups is 1. The second-order valence-corrected chi connectivity index (χ2v) is 7.16. The van der Waals surface area contributed by atoms with E-state index in [1.807, 2.05) is 12.1 Å². The van der Waals surface area contributed by atoms with Crippen molar-refractivity contribution in [1.29, 1.82) is 0 Å². The average molecular weight is 305 g/mol. The molecule has 3 atom stereocenters. The Labute approximate surface area is 130 Å². The molecule has 0 bridgehead atoms. The van der Waals surface area contributed by atoms with Gasteiger partial charge < -0.3 is 10.4 Å². The molecule has 114 valence electrons. The molecule has 0 saturated heterocycles. The smallest absolute Gasteiger partial charge is 0.228 e. The van der Waals surface area contributed by atoms with E-state index in [9.17, 15) is 9.90 Å². The molecule has 0 aromatic heterocycles. The van der Waals surface area contributed by atoms with Crippen LogP contribution in [-0.2, 0) is 4.79 Å². The lowest BCUT2D eigenvalue weighted by Gasteiger charge is -2.26. The summed E-state index contributed by atoms with van der Waals surface area (Å²) in [6.07, 6.45) is 5.55. The fraction of sp³-hybridized carbons (Fsp3) is 0.588. The molecule has 1 saturated carbocycles. The molecule has 3 nitrogen and oxygen atoms in total. The monoisotopic (exact) mass is 305 g/mol. The number of hydrogen-bond donors (Lipinski definition) is 2. The largest absolute Gasteiger partial charge is 0.396 e. The van der Waals surface area contributed by atoms with Crippen molar-refractivity contribution in [2.24, 2.45) is 5.92 Å². The minimum Gasteiger partial charge on any atom is -0.396 e. The fourth-order valence-electron chi connectivity index (χ4n) is 3.46. The van der Waals surface area contributed by atoms with Gasteiger partial charge in [0, 0.05) is 29.2 Å². The van der Waals surface area contributed by atoms with E-state index in [-0.39, 0.29) is 30.4 Å². The van der Waals surface area contributed by atoms with Gasteiger partial charge in [0.1, 0.15) is 0 Å². The molecule has 2 aliphatic rings. The molecule has 4 heteroatoms. The first-order valence-corrected chi connectivity index (χ1v) is 8.91. The third kappa shape index (κ3) is 3.27. The van der Waals surface area contributed by atoms with Gasteiger partial charge in [0.15, 0.2) is 0 Å². The van der Waals surface area contributed by atoms with E-state index in [1.165, 1.54) is 17.7 Å². The summed E-state index contributed by atoms with van der Waals surface area (Å²) in [4.78, 5) is 13.9. The number of amides is 1. The van der Waals surface area contributed by atoms with Crippen LogP contribution in [0, 0.1) is 5.92 Å². The van der Waals surface area contributed by atoms with Crippen molar-refractivity contribution in [2.45, 2.75) is 49.0 Å². The van der Waals surface area contributed by atoms with Gasteiger partial charge in [0.25, 0.3) is 0 Å². The molecule has 0 radical (unpaired) electrons. The molecule has 0 spiro atoms. The summed E-state index contributed by atoms with van der Waals surface area (Å²) in [7, 11) is 0. The molecule has 1 aliphatic heterocycles. The predicted octanol–water partition coefficient (Wildman–Crippen LogP) is 2.93. The Morgan fingerprint density at radius 1 is 1.24 bits per heavy atom. The van der Waals surface area contributed by atoms with Crippen LogP contribution in [-0.4, -0.2) is 29.4 Å². The van der Waals surface area contributed by atoms with Crippen LogP contribution >= 0.6 is 11.8 Å². The first-order valence-electron chi connectivity index (χ1n) is 7.92. The van der Waals surface area contributed by atoms with Crippen molar-refractivity contribution < 1.29 is 9.90 Å². The zero-order chi connectivity index (χ0) is 14.7. The molecular formula is C17H23NO2S. The van der Waals surface area contributed by atoms with E-state index in [0.29, 0.717) is 0 Å². The van der Waals surface area contributed by atoms with Gasteiger partial charge in [0.2, 0.25) is 5.91 Å². The molecule has 1 heterocycles. The SMILES string of the molecule is O=C(NC1CCCCCC1CO)C1CSc2ccccc21. The fourth-order valence-corrected chi connectivity index (χ4v) is 4.68. The van der Waals surface area contributed by atoms with Crippen LogP contribution in [0.2, 0.25) is 0 Å². The Kier molecular flexibility index (Phi) is 4.86. The van der Waals surface area contributed by atoms with Crippen LogP contribution in [0.1, 0.15) is 43.6 Å². The van der Waals surface area contributed by atoms with Gasteiger partial charge in [-0.25, -0.2) is 0 Å². The maximum Gasteiger partial charge on any atom is 0.228 e. The van der Waals surface area contributed by atoms with Crippen molar-refractivity contribution in [1.82, 2.24) is 5.32 Å². The number of rotatable bonds is 3. The zero-order valence-electron chi connectivity index (χ0n) is 12.3. The Hall–Kier alpha value is -1.00. The summed E-state index contributed by atoms with van der Waals surface area (Å²) < 4.78 is 0. The lowest BCUT2D eigenvalue weighted by Crippen LogP contribution is -2.43. The van der Waals surface area contributed by atoms with E-state index in [0.717, 1.165) is 30.6 Å². The number of hydrogen-bond acceptors (Lipinski definition) is 3. The second-order valence-electron chi connectivity index (χ2n) is 6.10. The summed E-state index contributed by atoms with van der Waals surface area (Å²) in [5, 5.41) is 12.8. The second kappa shape index (κ2) is 6.84. The highest BCUT2D eigenvalue weighted by atomic mass is 32.2. The Morgan fingerprint density at radius 3 is 2.90 bits per heavy atom. The van der Waals surface area contributed by atoms with E-state index < -0.39 is 0 Å². The molecule has 1 amide bonds. The van der Waals surface area contributed by atoms with Crippen LogP contribution < -0.4 is 5.32 Å². The van der Waals surface area contributed by atoms with E-state index in [1.54, 1.807) is 11.8 Å². The molecule has 1 aromatic rings. The van der Waals surface area contributed by atoms with Gasteiger partial charge in [-0.2, -0.15) is 0 Å². The summed E-state index contributed by atoms with van der Waals surface area (Å²) in [6, 6.07) is 8.33. The lowest BCUT2D eigenvalue weighted by molar-refractivity contribution is -0.123. The van der Waals surface area contributed by atoms with Gasteiger partial charge >= 0.3 is 0 Å². The topological polar surface area (TPSA) is 49.3 Å². The minimum absolute atomic E-state index is 0.0335. The molecule has 21 heavy (non-hydrogen) atoms. The Morgan fingerprint density at radius 2 is 2.05 bits per heavy atom. The molecule has 3 rings (SSSR count). The Bertz CT molecular complexity index is 505. The highest BCUT2D eigenvalue weighted by molar-refractivity contribution is 7.99. The molecule has 1 aromatic carbocycles. The highest BCUT2D eigenvalue weighted by Gasteiger charge is 2.32. The van der Waals surface area contributed by atoms with Crippen molar-refractivity contribution in [2.75, 3.05) is 12.4 Å². The Balaban J connectivity index is 1.68. The third-order valence-corrected chi connectivity index (χ3v) is 5.92. The van der Waals surface area contributed by atoms with Crippen molar-refractivity contribution in [3.8, 4) is 0 Å².